The van der Waals surface area contributed by atoms with Crippen molar-refractivity contribution in [2.45, 2.75) is 0 Å². The largest absolute Gasteiger partial charge is 0.457 e. The summed E-state index contributed by atoms with van der Waals surface area (Å²) in [7, 11) is 0. The standard InChI is InChI=1S/C21H14FN3O2S/c22-15-8-6-14(7-9-15)19-20(28-25-24-19)21(26)23-16-10-12-18(13-11-16)27-17-4-2-1-3-5-17/h1-13H,(H,23,26). The van der Waals surface area contributed by atoms with E-state index in [-0.39, 0.29) is 11.7 Å². The Kier molecular flexibility index (Phi) is 5.07. The van der Waals surface area contributed by atoms with Crippen LogP contribution in [0.3, 0.4) is 0 Å². The van der Waals surface area contributed by atoms with E-state index in [4.69, 9.17) is 4.74 Å². The molecule has 0 atom stereocenters. The van der Waals surface area contributed by atoms with Gasteiger partial charge in [0.2, 0.25) is 0 Å². The van der Waals surface area contributed by atoms with E-state index in [1.54, 1.807) is 36.4 Å². The van der Waals surface area contributed by atoms with E-state index in [0.29, 0.717) is 27.6 Å². The lowest BCUT2D eigenvalue weighted by molar-refractivity contribution is 0.103. The molecule has 138 valence electrons. The highest BCUT2D eigenvalue weighted by molar-refractivity contribution is 7.08. The fraction of sp³-hybridized carbons (Fsp3) is 0. The molecular formula is C21H14FN3O2S. The number of hydrogen-bond donors (Lipinski definition) is 1. The van der Waals surface area contributed by atoms with Crippen LogP contribution >= 0.6 is 11.5 Å². The smallest absolute Gasteiger partial charge is 0.269 e. The van der Waals surface area contributed by atoms with Crippen molar-refractivity contribution in [3.05, 3.63) is 89.6 Å². The van der Waals surface area contributed by atoms with Crippen LogP contribution in [0.25, 0.3) is 11.3 Å². The first-order valence-corrected chi connectivity index (χ1v) is 9.19. The maximum absolute atomic E-state index is 13.1. The van der Waals surface area contributed by atoms with Gasteiger partial charge in [-0.3, -0.25) is 4.79 Å². The Hall–Kier alpha value is -3.58. The zero-order valence-electron chi connectivity index (χ0n) is 14.5. The number of rotatable bonds is 5. The summed E-state index contributed by atoms with van der Waals surface area (Å²) in [6.07, 6.45) is 0. The van der Waals surface area contributed by atoms with Crippen LogP contribution in [-0.2, 0) is 0 Å². The van der Waals surface area contributed by atoms with Crippen molar-refractivity contribution < 1.29 is 13.9 Å². The quantitative estimate of drug-likeness (QED) is 0.495. The van der Waals surface area contributed by atoms with Gasteiger partial charge in [0.15, 0.2) is 0 Å². The summed E-state index contributed by atoms with van der Waals surface area (Å²) in [6.45, 7) is 0. The second-order valence-electron chi connectivity index (χ2n) is 5.85. The monoisotopic (exact) mass is 391 g/mol. The molecule has 0 aliphatic heterocycles. The molecular weight excluding hydrogens is 377 g/mol. The molecule has 0 radical (unpaired) electrons. The first-order valence-electron chi connectivity index (χ1n) is 8.42. The van der Waals surface area contributed by atoms with Crippen molar-refractivity contribution in [3.63, 3.8) is 0 Å². The molecule has 0 aliphatic carbocycles. The molecule has 0 saturated carbocycles. The van der Waals surface area contributed by atoms with Gasteiger partial charge in [-0.1, -0.05) is 22.7 Å². The summed E-state index contributed by atoms with van der Waals surface area (Å²) >= 11 is 0.989. The molecule has 0 spiro atoms. The molecule has 1 amide bonds. The lowest BCUT2D eigenvalue weighted by Gasteiger charge is -2.08. The van der Waals surface area contributed by atoms with Crippen LogP contribution < -0.4 is 10.1 Å². The summed E-state index contributed by atoms with van der Waals surface area (Å²) in [5, 5.41) is 6.82. The minimum absolute atomic E-state index is 0.328. The summed E-state index contributed by atoms with van der Waals surface area (Å²) < 4.78 is 22.7. The Morgan fingerprint density at radius 1 is 0.893 bits per heavy atom. The molecule has 28 heavy (non-hydrogen) atoms. The van der Waals surface area contributed by atoms with Crippen molar-refractivity contribution in [1.29, 1.82) is 0 Å². The number of hydrogen-bond acceptors (Lipinski definition) is 5. The SMILES string of the molecule is O=C(Nc1ccc(Oc2ccccc2)cc1)c1snnc1-c1ccc(F)cc1. The third kappa shape index (κ3) is 4.05. The lowest BCUT2D eigenvalue weighted by atomic mass is 10.1. The Bertz CT molecular complexity index is 1080. The molecule has 0 fully saturated rings. The second kappa shape index (κ2) is 7.98. The minimum Gasteiger partial charge on any atom is -0.457 e. The molecule has 4 rings (SSSR count). The second-order valence-corrected chi connectivity index (χ2v) is 6.61. The van der Waals surface area contributed by atoms with Gasteiger partial charge in [0.05, 0.1) is 0 Å². The van der Waals surface area contributed by atoms with E-state index in [1.807, 2.05) is 30.3 Å². The summed E-state index contributed by atoms with van der Waals surface area (Å²) in [5.74, 6) is 0.719. The van der Waals surface area contributed by atoms with Crippen LogP contribution in [-0.4, -0.2) is 15.5 Å². The predicted molar refractivity (Wildman–Crippen MR) is 106 cm³/mol. The van der Waals surface area contributed by atoms with E-state index < -0.39 is 0 Å². The van der Waals surface area contributed by atoms with E-state index >= 15 is 0 Å². The van der Waals surface area contributed by atoms with Gasteiger partial charge in [-0.2, -0.15) is 0 Å². The minimum atomic E-state index is -0.351. The number of nitrogens with one attached hydrogen (secondary N) is 1. The molecule has 0 saturated heterocycles. The van der Waals surface area contributed by atoms with Gasteiger partial charge in [0.1, 0.15) is 27.9 Å². The summed E-state index contributed by atoms with van der Waals surface area (Å²) in [4.78, 5) is 13.0. The first-order chi connectivity index (χ1) is 13.7. The number of anilines is 1. The Morgan fingerprint density at radius 2 is 1.57 bits per heavy atom. The molecule has 5 nitrogen and oxygen atoms in total. The van der Waals surface area contributed by atoms with E-state index in [1.165, 1.54) is 12.1 Å². The van der Waals surface area contributed by atoms with Crippen LogP contribution in [0.2, 0.25) is 0 Å². The average Bonchev–Trinajstić information content (AvgIpc) is 3.21. The van der Waals surface area contributed by atoms with Crippen molar-refractivity contribution in [1.82, 2.24) is 9.59 Å². The normalized spacial score (nSPS) is 10.5. The maximum Gasteiger partial charge on any atom is 0.269 e. The van der Waals surface area contributed by atoms with Gasteiger partial charge in [-0.25, -0.2) is 4.39 Å². The molecule has 0 bridgehead atoms. The molecule has 1 aromatic heterocycles. The summed E-state index contributed by atoms with van der Waals surface area (Å²) in [5.41, 5.74) is 1.67. The van der Waals surface area contributed by atoms with Gasteiger partial charge in [-0.05, 0) is 72.2 Å². The molecule has 0 aliphatic rings. The Morgan fingerprint density at radius 3 is 2.29 bits per heavy atom. The number of carbonyl (C=O) groups is 1. The van der Waals surface area contributed by atoms with Crippen LogP contribution in [0, 0.1) is 5.82 Å². The van der Waals surface area contributed by atoms with Gasteiger partial charge >= 0.3 is 0 Å². The highest BCUT2D eigenvalue weighted by Gasteiger charge is 2.18. The number of halogens is 1. The van der Waals surface area contributed by atoms with Crippen LogP contribution in [0.15, 0.2) is 78.9 Å². The third-order valence-corrected chi connectivity index (χ3v) is 4.63. The molecule has 7 heteroatoms. The number of benzene rings is 3. The fourth-order valence-electron chi connectivity index (χ4n) is 2.56. The third-order valence-electron chi connectivity index (χ3n) is 3.90. The number of carbonyl (C=O) groups excluding carboxylic acids is 1. The topological polar surface area (TPSA) is 64.1 Å². The maximum atomic E-state index is 13.1. The molecule has 0 unspecified atom stereocenters. The number of nitrogens with zero attached hydrogens (tertiary/aromatic N) is 2. The van der Waals surface area contributed by atoms with Gasteiger partial charge in [-0.15, -0.1) is 5.10 Å². The number of aromatic nitrogens is 2. The zero-order chi connectivity index (χ0) is 19.3. The molecule has 1 heterocycles. The van der Waals surface area contributed by atoms with Crippen molar-refractivity contribution in [3.8, 4) is 22.8 Å². The van der Waals surface area contributed by atoms with Crippen LogP contribution in [0.5, 0.6) is 11.5 Å². The van der Waals surface area contributed by atoms with E-state index in [9.17, 15) is 9.18 Å². The summed E-state index contributed by atoms with van der Waals surface area (Å²) in [6, 6.07) is 22.3. The first kappa shape index (κ1) is 17.8. The lowest BCUT2D eigenvalue weighted by Crippen LogP contribution is -2.11. The van der Waals surface area contributed by atoms with Crippen molar-refractivity contribution in [2.24, 2.45) is 0 Å². The number of amides is 1. The Balaban J connectivity index is 1.47. The van der Waals surface area contributed by atoms with Gasteiger partial charge in [0, 0.05) is 11.3 Å². The molecule has 1 N–H and O–H groups in total. The average molecular weight is 391 g/mol. The van der Waals surface area contributed by atoms with Gasteiger partial charge < -0.3 is 10.1 Å². The number of para-hydroxylation sites is 1. The zero-order valence-corrected chi connectivity index (χ0v) is 15.3. The van der Waals surface area contributed by atoms with Crippen molar-refractivity contribution >= 4 is 23.1 Å². The fourth-order valence-corrected chi connectivity index (χ4v) is 3.14. The molecule has 3 aromatic carbocycles. The number of ether oxygens (including phenoxy) is 1. The highest BCUT2D eigenvalue weighted by Crippen LogP contribution is 2.26. The Labute approximate surface area is 164 Å². The van der Waals surface area contributed by atoms with Crippen LogP contribution in [0.1, 0.15) is 9.67 Å². The van der Waals surface area contributed by atoms with Crippen LogP contribution in [0.4, 0.5) is 10.1 Å². The predicted octanol–water partition coefficient (Wildman–Crippen LogP) is 5.39. The van der Waals surface area contributed by atoms with Crippen molar-refractivity contribution in [2.75, 3.05) is 5.32 Å². The highest BCUT2D eigenvalue weighted by atomic mass is 32.1. The molecule has 4 aromatic rings. The van der Waals surface area contributed by atoms with E-state index in [2.05, 4.69) is 14.9 Å². The van der Waals surface area contributed by atoms with Gasteiger partial charge in [0.25, 0.3) is 5.91 Å². The van der Waals surface area contributed by atoms with E-state index in [0.717, 1.165) is 17.3 Å².